The Morgan fingerprint density at radius 1 is 0.468 bits per heavy atom. The van der Waals surface area contributed by atoms with Gasteiger partial charge in [0.15, 0.2) is 0 Å². The molecule has 6 aromatic rings. The lowest BCUT2D eigenvalue weighted by molar-refractivity contribution is 0.0727. The molecular formula is C40H28O6Si. The SMILES string of the molecule is Cc1ccc(C(=O)Oc2cccc3c2[Si]2(c4ccccc4O3)c3ccccc3Oc3cccc(OC(=O)c4ccc(C)cc4)c32)cc1. The van der Waals surface area contributed by atoms with Crippen LogP contribution in [0, 0.1) is 13.8 Å². The quantitative estimate of drug-likeness (QED) is 0.128. The van der Waals surface area contributed by atoms with Crippen LogP contribution in [0.5, 0.6) is 34.5 Å². The zero-order valence-electron chi connectivity index (χ0n) is 25.7. The van der Waals surface area contributed by atoms with Gasteiger partial charge in [0.05, 0.1) is 11.1 Å². The maximum absolute atomic E-state index is 13.7. The molecule has 0 aliphatic carbocycles. The molecule has 0 saturated carbocycles. The average molecular weight is 633 g/mol. The Labute approximate surface area is 272 Å². The van der Waals surface area contributed by atoms with Crippen molar-refractivity contribution in [2.24, 2.45) is 0 Å². The molecule has 2 heterocycles. The van der Waals surface area contributed by atoms with Crippen molar-refractivity contribution in [2.45, 2.75) is 13.8 Å². The number of hydrogen-bond acceptors (Lipinski definition) is 6. The van der Waals surface area contributed by atoms with E-state index in [1.54, 1.807) is 36.4 Å². The highest BCUT2D eigenvalue weighted by molar-refractivity contribution is 7.22. The van der Waals surface area contributed by atoms with Crippen LogP contribution in [-0.2, 0) is 0 Å². The smallest absolute Gasteiger partial charge is 0.343 e. The van der Waals surface area contributed by atoms with Crippen LogP contribution in [0.2, 0.25) is 0 Å². The number of hydrogen-bond donors (Lipinski definition) is 0. The molecule has 6 aromatic carbocycles. The normalized spacial score (nSPS) is 13.1. The summed E-state index contributed by atoms with van der Waals surface area (Å²) in [5.41, 5.74) is 2.94. The number of rotatable bonds is 4. The van der Waals surface area contributed by atoms with E-state index >= 15 is 0 Å². The second-order valence-corrected chi connectivity index (χ2v) is 15.3. The molecule has 0 saturated heterocycles. The third kappa shape index (κ3) is 4.63. The lowest BCUT2D eigenvalue weighted by Crippen LogP contribution is -2.77. The fraction of sp³-hybridized carbons (Fsp3) is 0.0500. The van der Waals surface area contributed by atoms with Crippen molar-refractivity contribution in [3.63, 3.8) is 0 Å². The second-order valence-electron chi connectivity index (χ2n) is 11.7. The van der Waals surface area contributed by atoms with Crippen molar-refractivity contribution >= 4 is 40.8 Å². The Morgan fingerprint density at radius 2 is 0.851 bits per heavy atom. The van der Waals surface area contributed by atoms with Gasteiger partial charge in [0.25, 0.3) is 0 Å². The van der Waals surface area contributed by atoms with E-state index in [1.165, 1.54) is 0 Å². The van der Waals surface area contributed by atoms with Crippen LogP contribution in [-0.4, -0.2) is 20.0 Å². The summed E-state index contributed by atoms with van der Waals surface area (Å²) in [4.78, 5) is 27.3. The van der Waals surface area contributed by atoms with Gasteiger partial charge in [-0.15, -0.1) is 0 Å². The number of benzene rings is 6. The first-order chi connectivity index (χ1) is 22.9. The summed E-state index contributed by atoms with van der Waals surface area (Å²) in [6.45, 7) is 3.94. The Balaban J connectivity index is 1.40. The molecule has 47 heavy (non-hydrogen) atoms. The highest BCUT2D eigenvalue weighted by Crippen LogP contribution is 2.40. The van der Waals surface area contributed by atoms with Gasteiger partial charge in [-0.25, -0.2) is 9.59 Å². The minimum absolute atomic E-state index is 0.372. The van der Waals surface area contributed by atoms with Crippen LogP contribution in [0.3, 0.4) is 0 Å². The predicted molar refractivity (Wildman–Crippen MR) is 182 cm³/mol. The molecule has 8 rings (SSSR count). The number of esters is 2. The minimum atomic E-state index is -3.50. The topological polar surface area (TPSA) is 71.1 Å². The third-order valence-corrected chi connectivity index (χ3v) is 13.7. The van der Waals surface area contributed by atoms with Crippen LogP contribution in [0.25, 0.3) is 0 Å². The molecule has 0 radical (unpaired) electrons. The third-order valence-electron chi connectivity index (χ3n) is 8.73. The zero-order chi connectivity index (χ0) is 32.1. The predicted octanol–water partition coefficient (Wildman–Crippen LogP) is 6.33. The number of aryl methyl sites for hydroxylation is 2. The van der Waals surface area contributed by atoms with E-state index in [1.807, 2.05) is 111 Å². The van der Waals surface area contributed by atoms with Crippen molar-refractivity contribution in [3.05, 3.63) is 156 Å². The monoisotopic (exact) mass is 632 g/mol. The average Bonchev–Trinajstić information content (AvgIpc) is 3.09. The molecule has 0 unspecified atom stereocenters. The van der Waals surface area contributed by atoms with Crippen molar-refractivity contribution < 1.29 is 28.5 Å². The van der Waals surface area contributed by atoms with Crippen molar-refractivity contribution in [3.8, 4) is 34.5 Å². The van der Waals surface area contributed by atoms with E-state index in [2.05, 4.69) is 0 Å². The molecule has 2 aliphatic heterocycles. The van der Waals surface area contributed by atoms with Crippen LogP contribution >= 0.6 is 0 Å². The summed E-state index contributed by atoms with van der Waals surface area (Å²) in [6, 6.07) is 41.4. The Hall–Kier alpha value is -5.92. The van der Waals surface area contributed by atoms with Crippen molar-refractivity contribution in [1.82, 2.24) is 0 Å². The van der Waals surface area contributed by atoms with Gasteiger partial charge in [-0.1, -0.05) is 83.9 Å². The summed E-state index contributed by atoms with van der Waals surface area (Å²) in [5, 5.41) is 3.30. The molecule has 0 fully saturated rings. The van der Waals surface area contributed by atoms with Gasteiger partial charge >= 0.3 is 11.9 Å². The van der Waals surface area contributed by atoms with Gasteiger partial charge in [-0.2, -0.15) is 0 Å². The summed E-state index contributed by atoms with van der Waals surface area (Å²) < 4.78 is 25.7. The number of ether oxygens (including phenoxy) is 4. The van der Waals surface area contributed by atoms with E-state index in [9.17, 15) is 9.59 Å². The lowest BCUT2D eigenvalue weighted by atomic mass is 10.1. The first-order valence-corrected chi connectivity index (χ1v) is 17.3. The Bertz CT molecular complexity index is 2050. The second kappa shape index (κ2) is 11.2. The molecule has 0 bridgehead atoms. The molecule has 1 spiro atoms. The van der Waals surface area contributed by atoms with E-state index in [0.717, 1.165) is 31.9 Å². The van der Waals surface area contributed by atoms with Gasteiger partial charge < -0.3 is 18.9 Å². The maximum Gasteiger partial charge on any atom is 0.343 e. The Kier molecular flexibility index (Phi) is 6.77. The number of carbonyl (C=O) groups is 2. The molecule has 0 aromatic heterocycles. The summed E-state index contributed by atoms with van der Waals surface area (Å²) in [6.07, 6.45) is 0. The number of para-hydroxylation sites is 2. The highest BCUT2D eigenvalue weighted by Gasteiger charge is 2.56. The van der Waals surface area contributed by atoms with Crippen LogP contribution in [0.4, 0.5) is 0 Å². The molecular weight excluding hydrogens is 605 g/mol. The molecule has 0 amide bonds. The van der Waals surface area contributed by atoms with E-state index in [4.69, 9.17) is 18.9 Å². The molecule has 6 nitrogen and oxygen atoms in total. The van der Waals surface area contributed by atoms with E-state index in [0.29, 0.717) is 45.6 Å². The van der Waals surface area contributed by atoms with Crippen LogP contribution < -0.4 is 39.7 Å². The van der Waals surface area contributed by atoms with Gasteiger partial charge in [-0.05, 0) is 84.9 Å². The summed E-state index contributed by atoms with van der Waals surface area (Å²) in [7, 11) is -3.50. The first-order valence-electron chi connectivity index (χ1n) is 15.3. The van der Waals surface area contributed by atoms with Gasteiger partial charge in [0.1, 0.15) is 34.5 Å². The molecule has 2 aliphatic rings. The highest BCUT2D eigenvalue weighted by atomic mass is 28.3. The largest absolute Gasteiger partial charge is 0.457 e. The Morgan fingerprint density at radius 3 is 1.28 bits per heavy atom. The summed E-state index contributed by atoms with van der Waals surface area (Å²) in [5.74, 6) is 2.25. The number of fused-ring (bicyclic) bond motifs is 8. The summed E-state index contributed by atoms with van der Waals surface area (Å²) >= 11 is 0. The zero-order valence-corrected chi connectivity index (χ0v) is 26.7. The van der Waals surface area contributed by atoms with Gasteiger partial charge in [0, 0.05) is 10.4 Å². The van der Waals surface area contributed by atoms with Crippen LogP contribution in [0.15, 0.2) is 133 Å². The molecule has 0 N–H and O–H groups in total. The molecule has 7 heteroatoms. The molecule has 0 atom stereocenters. The fourth-order valence-electron chi connectivity index (χ4n) is 6.57. The van der Waals surface area contributed by atoms with Gasteiger partial charge in [-0.3, -0.25) is 0 Å². The fourth-order valence-corrected chi connectivity index (χ4v) is 11.9. The van der Waals surface area contributed by atoms with Crippen LogP contribution in [0.1, 0.15) is 31.8 Å². The minimum Gasteiger partial charge on any atom is -0.457 e. The van der Waals surface area contributed by atoms with E-state index < -0.39 is 20.0 Å². The van der Waals surface area contributed by atoms with Crippen molar-refractivity contribution in [1.29, 1.82) is 0 Å². The van der Waals surface area contributed by atoms with E-state index in [-0.39, 0.29) is 0 Å². The maximum atomic E-state index is 13.7. The molecule has 228 valence electrons. The standard InChI is InChI=1S/C40H28O6Si/c1-25-17-21-27(22-18-25)39(41)45-33-13-7-11-31-37(33)47(35-15-5-3-9-29(35)43-31)36-16-6-4-10-30(36)44-32-12-8-14-34(38(32)47)46-40(42)28-23-19-26(2)20-24-28/h3-24H,1-2H3. The first kappa shape index (κ1) is 28.5. The lowest BCUT2D eigenvalue weighted by Gasteiger charge is -2.43. The number of carbonyl (C=O) groups excluding carboxylic acids is 2. The van der Waals surface area contributed by atoms with Gasteiger partial charge in [0.2, 0.25) is 8.07 Å². The van der Waals surface area contributed by atoms with Crippen molar-refractivity contribution in [2.75, 3.05) is 0 Å².